The molecule has 2 N–H and O–H groups in total. The average molecular weight is 266 g/mol. The number of halogens is 1. The number of aryl methyl sites for hydroxylation is 1. The Balaban J connectivity index is 2.81. The van der Waals surface area contributed by atoms with Crippen LogP contribution in [-0.4, -0.2) is 9.97 Å². The van der Waals surface area contributed by atoms with Gasteiger partial charge in [-0.3, -0.25) is 0 Å². The third kappa shape index (κ3) is 2.01. The van der Waals surface area contributed by atoms with Crippen LogP contribution in [0.15, 0.2) is 22.7 Å². The van der Waals surface area contributed by atoms with E-state index in [1.54, 1.807) is 0 Å². The Labute approximate surface area is 96.9 Å². The van der Waals surface area contributed by atoms with Gasteiger partial charge in [0.1, 0.15) is 5.82 Å². The second-order valence-corrected chi connectivity index (χ2v) is 4.52. The first-order chi connectivity index (χ1) is 7.08. The van der Waals surface area contributed by atoms with Gasteiger partial charge in [0.25, 0.3) is 0 Å². The van der Waals surface area contributed by atoms with Crippen molar-refractivity contribution in [3.05, 3.63) is 34.2 Å². The minimum atomic E-state index is -0.0801. The quantitative estimate of drug-likeness (QED) is 0.863. The Morgan fingerprint density at radius 1 is 1.33 bits per heavy atom. The van der Waals surface area contributed by atoms with Crippen LogP contribution in [0, 0.1) is 6.92 Å². The standard InChI is InChI=1S/C11H12BrN3/c1-6(13)11-9-5-8(12)3-4-10(9)14-7(2)15-11/h3-6H,13H2,1-2H3. The molecule has 0 saturated carbocycles. The zero-order valence-corrected chi connectivity index (χ0v) is 10.2. The van der Waals surface area contributed by atoms with Crippen LogP contribution in [0.5, 0.6) is 0 Å². The van der Waals surface area contributed by atoms with Gasteiger partial charge in [-0.15, -0.1) is 0 Å². The van der Waals surface area contributed by atoms with Gasteiger partial charge in [-0.2, -0.15) is 0 Å². The smallest absolute Gasteiger partial charge is 0.126 e. The van der Waals surface area contributed by atoms with Crippen LogP contribution < -0.4 is 5.73 Å². The molecule has 0 radical (unpaired) electrons. The predicted molar refractivity (Wildman–Crippen MR) is 64.6 cm³/mol. The Morgan fingerprint density at radius 3 is 2.73 bits per heavy atom. The summed E-state index contributed by atoms with van der Waals surface area (Å²) in [5, 5.41) is 1.02. The van der Waals surface area contributed by atoms with Crippen molar-refractivity contribution in [1.82, 2.24) is 9.97 Å². The normalized spacial score (nSPS) is 13.1. The van der Waals surface area contributed by atoms with Crippen LogP contribution in [0.3, 0.4) is 0 Å². The fourth-order valence-electron chi connectivity index (χ4n) is 1.59. The third-order valence-electron chi connectivity index (χ3n) is 2.23. The van der Waals surface area contributed by atoms with Crippen LogP contribution >= 0.6 is 15.9 Å². The van der Waals surface area contributed by atoms with Gasteiger partial charge in [0, 0.05) is 15.9 Å². The number of nitrogens with zero attached hydrogens (tertiary/aromatic N) is 2. The molecule has 0 spiro atoms. The second kappa shape index (κ2) is 3.87. The molecule has 0 fully saturated rings. The van der Waals surface area contributed by atoms with Gasteiger partial charge in [0.05, 0.1) is 11.2 Å². The average Bonchev–Trinajstić information content (AvgIpc) is 2.17. The lowest BCUT2D eigenvalue weighted by Crippen LogP contribution is -2.09. The molecule has 1 unspecified atom stereocenters. The van der Waals surface area contributed by atoms with Crippen molar-refractivity contribution in [2.75, 3.05) is 0 Å². The maximum absolute atomic E-state index is 5.89. The zero-order chi connectivity index (χ0) is 11.0. The van der Waals surface area contributed by atoms with E-state index in [0.29, 0.717) is 0 Å². The Kier molecular flexibility index (Phi) is 2.71. The van der Waals surface area contributed by atoms with E-state index in [4.69, 9.17) is 5.73 Å². The number of hydrogen-bond donors (Lipinski definition) is 1. The van der Waals surface area contributed by atoms with Crippen molar-refractivity contribution >= 4 is 26.8 Å². The highest BCUT2D eigenvalue weighted by Crippen LogP contribution is 2.23. The first-order valence-corrected chi connectivity index (χ1v) is 5.56. The van der Waals surface area contributed by atoms with Gasteiger partial charge >= 0.3 is 0 Å². The summed E-state index contributed by atoms with van der Waals surface area (Å²) in [5.41, 5.74) is 7.74. The van der Waals surface area contributed by atoms with Gasteiger partial charge in [0.15, 0.2) is 0 Å². The maximum atomic E-state index is 5.89. The lowest BCUT2D eigenvalue weighted by molar-refractivity contribution is 0.779. The van der Waals surface area contributed by atoms with E-state index in [0.717, 1.165) is 26.9 Å². The molecule has 0 bridgehead atoms. The molecule has 0 saturated heterocycles. The second-order valence-electron chi connectivity index (χ2n) is 3.61. The van der Waals surface area contributed by atoms with E-state index >= 15 is 0 Å². The van der Waals surface area contributed by atoms with Gasteiger partial charge in [-0.25, -0.2) is 9.97 Å². The van der Waals surface area contributed by atoms with Crippen LogP contribution in [0.1, 0.15) is 24.5 Å². The molecule has 1 aromatic heterocycles. The Bertz CT molecular complexity index is 508. The van der Waals surface area contributed by atoms with Crippen LogP contribution in [0.2, 0.25) is 0 Å². The van der Waals surface area contributed by atoms with Crippen molar-refractivity contribution < 1.29 is 0 Å². The largest absolute Gasteiger partial charge is 0.323 e. The number of nitrogens with two attached hydrogens (primary N) is 1. The fraction of sp³-hybridized carbons (Fsp3) is 0.273. The molecule has 0 aliphatic heterocycles. The number of fused-ring (bicyclic) bond motifs is 1. The third-order valence-corrected chi connectivity index (χ3v) is 2.72. The molecule has 78 valence electrons. The highest BCUT2D eigenvalue weighted by molar-refractivity contribution is 9.10. The molecular weight excluding hydrogens is 254 g/mol. The topological polar surface area (TPSA) is 51.8 Å². The minimum Gasteiger partial charge on any atom is -0.323 e. The molecule has 1 heterocycles. The molecule has 4 heteroatoms. The van der Waals surface area contributed by atoms with E-state index in [1.165, 1.54) is 0 Å². The molecule has 3 nitrogen and oxygen atoms in total. The van der Waals surface area contributed by atoms with Crippen LogP contribution in [-0.2, 0) is 0 Å². The van der Waals surface area contributed by atoms with E-state index in [2.05, 4.69) is 25.9 Å². The van der Waals surface area contributed by atoms with Crippen molar-refractivity contribution in [2.24, 2.45) is 5.73 Å². The summed E-state index contributed by atoms with van der Waals surface area (Å²) in [7, 11) is 0. The summed E-state index contributed by atoms with van der Waals surface area (Å²) in [4.78, 5) is 8.76. The van der Waals surface area contributed by atoms with Gasteiger partial charge in [0.2, 0.25) is 0 Å². The molecule has 0 aliphatic rings. The molecule has 0 amide bonds. The first-order valence-electron chi connectivity index (χ1n) is 4.77. The lowest BCUT2D eigenvalue weighted by atomic mass is 10.1. The number of rotatable bonds is 1. The van der Waals surface area contributed by atoms with E-state index in [-0.39, 0.29) is 6.04 Å². The molecule has 2 aromatic rings. The van der Waals surface area contributed by atoms with Crippen molar-refractivity contribution in [1.29, 1.82) is 0 Å². The van der Waals surface area contributed by atoms with Crippen molar-refractivity contribution in [2.45, 2.75) is 19.9 Å². The monoisotopic (exact) mass is 265 g/mol. The highest BCUT2D eigenvalue weighted by atomic mass is 79.9. The van der Waals surface area contributed by atoms with E-state index in [1.807, 2.05) is 32.0 Å². The predicted octanol–water partition coefficient (Wildman–Crippen LogP) is 2.72. The number of benzene rings is 1. The summed E-state index contributed by atoms with van der Waals surface area (Å²) >= 11 is 3.44. The lowest BCUT2D eigenvalue weighted by Gasteiger charge is -2.09. The molecule has 1 aromatic carbocycles. The summed E-state index contributed by atoms with van der Waals surface area (Å²) in [6, 6.07) is 5.87. The molecule has 15 heavy (non-hydrogen) atoms. The van der Waals surface area contributed by atoms with E-state index < -0.39 is 0 Å². The molecule has 0 aliphatic carbocycles. The van der Waals surface area contributed by atoms with Gasteiger partial charge in [-0.1, -0.05) is 15.9 Å². The van der Waals surface area contributed by atoms with Crippen LogP contribution in [0.25, 0.3) is 10.9 Å². The molecule has 2 rings (SSSR count). The molecular formula is C11H12BrN3. The first kappa shape index (κ1) is 10.5. The van der Waals surface area contributed by atoms with Gasteiger partial charge < -0.3 is 5.73 Å². The van der Waals surface area contributed by atoms with Gasteiger partial charge in [-0.05, 0) is 32.0 Å². The van der Waals surface area contributed by atoms with Crippen LogP contribution in [0.4, 0.5) is 0 Å². The Morgan fingerprint density at radius 2 is 2.07 bits per heavy atom. The summed E-state index contributed by atoms with van der Waals surface area (Å²) in [6.07, 6.45) is 0. The maximum Gasteiger partial charge on any atom is 0.126 e. The highest BCUT2D eigenvalue weighted by Gasteiger charge is 2.09. The van der Waals surface area contributed by atoms with Crippen molar-refractivity contribution in [3.8, 4) is 0 Å². The SMILES string of the molecule is Cc1nc(C(C)N)c2cc(Br)ccc2n1. The minimum absolute atomic E-state index is 0.0801. The summed E-state index contributed by atoms with van der Waals surface area (Å²) < 4.78 is 1.02. The van der Waals surface area contributed by atoms with Crippen molar-refractivity contribution in [3.63, 3.8) is 0 Å². The Hall–Kier alpha value is -1.00. The summed E-state index contributed by atoms with van der Waals surface area (Å²) in [5.74, 6) is 0.761. The fourth-order valence-corrected chi connectivity index (χ4v) is 1.95. The zero-order valence-electron chi connectivity index (χ0n) is 8.66. The summed E-state index contributed by atoms with van der Waals surface area (Å²) in [6.45, 7) is 3.81. The number of hydrogen-bond acceptors (Lipinski definition) is 3. The van der Waals surface area contributed by atoms with E-state index in [9.17, 15) is 0 Å². The number of aromatic nitrogens is 2. The molecule has 1 atom stereocenters.